The Morgan fingerprint density at radius 2 is 2.12 bits per heavy atom. The molecule has 7 nitrogen and oxygen atoms in total. The number of fused-ring (bicyclic) bond motifs is 1. The second-order valence-corrected chi connectivity index (χ2v) is 6.29. The molecule has 1 fully saturated rings. The van der Waals surface area contributed by atoms with E-state index in [0.29, 0.717) is 18.2 Å². The highest BCUT2D eigenvalue weighted by Gasteiger charge is 2.30. The minimum atomic E-state index is -0.568. The Hall–Kier alpha value is -2.67. The summed E-state index contributed by atoms with van der Waals surface area (Å²) < 4.78 is 4.77. The number of aromatic nitrogens is 4. The zero-order valence-corrected chi connectivity index (χ0v) is 14.3. The first-order chi connectivity index (χ1) is 12.2. The van der Waals surface area contributed by atoms with E-state index in [-0.39, 0.29) is 16.6 Å². The molecule has 128 valence electrons. The Labute approximate surface area is 148 Å². The van der Waals surface area contributed by atoms with E-state index in [0.717, 1.165) is 29.7 Å². The van der Waals surface area contributed by atoms with Crippen LogP contribution in [0, 0.1) is 0 Å². The molecule has 3 aromatic rings. The van der Waals surface area contributed by atoms with Gasteiger partial charge < -0.3 is 15.0 Å². The van der Waals surface area contributed by atoms with Crippen LogP contribution in [0.4, 0.5) is 5.82 Å². The monoisotopic (exact) mass is 357 g/mol. The smallest absolute Gasteiger partial charge is 0.358 e. The molecule has 4 rings (SSSR count). The van der Waals surface area contributed by atoms with Crippen LogP contribution in [0.15, 0.2) is 24.3 Å². The molecule has 0 bridgehead atoms. The summed E-state index contributed by atoms with van der Waals surface area (Å²) in [6.45, 7) is 0.399. The van der Waals surface area contributed by atoms with Crippen molar-refractivity contribution in [1.82, 2.24) is 19.9 Å². The molecule has 25 heavy (non-hydrogen) atoms. The van der Waals surface area contributed by atoms with Crippen LogP contribution in [0.1, 0.15) is 40.9 Å². The fourth-order valence-corrected chi connectivity index (χ4v) is 2.82. The first-order valence-electron chi connectivity index (χ1n) is 7.99. The molecule has 0 amide bonds. The number of carbonyl (C=O) groups is 1. The number of carbonyl (C=O) groups excluding carboxylic acids is 1. The van der Waals surface area contributed by atoms with Crippen molar-refractivity contribution < 1.29 is 9.53 Å². The standard InChI is InChI=1S/C17H16ClN5O2/c1-25-17(24)14-13(18)16(23-15(22-14)9-6-7-9)19-8-12-20-10-4-2-3-5-11(10)21-12/h2-5,9H,6-8H2,1H3,(H,20,21)(H,19,22,23). The second-order valence-electron chi connectivity index (χ2n) is 5.91. The molecule has 0 radical (unpaired) electrons. The van der Waals surface area contributed by atoms with E-state index in [9.17, 15) is 4.79 Å². The highest BCUT2D eigenvalue weighted by molar-refractivity contribution is 6.35. The van der Waals surface area contributed by atoms with E-state index in [4.69, 9.17) is 16.3 Å². The molecule has 1 saturated carbocycles. The van der Waals surface area contributed by atoms with Crippen LogP contribution >= 0.6 is 11.6 Å². The van der Waals surface area contributed by atoms with E-state index in [1.54, 1.807) is 0 Å². The Morgan fingerprint density at radius 3 is 2.84 bits per heavy atom. The largest absolute Gasteiger partial charge is 0.464 e. The number of nitrogens with one attached hydrogen (secondary N) is 2. The van der Waals surface area contributed by atoms with Gasteiger partial charge in [-0.3, -0.25) is 0 Å². The number of H-pyrrole nitrogens is 1. The molecule has 2 aromatic heterocycles. The minimum absolute atomic E-state index is 0.0909. The molecule has 1 aliphatic carbocycles. The van der Waals surface area contributed by atoms with E-state index < -0.39 is 5.97 Å². The van der Waals surface area contributed by atoms with Crippen molar-refractivity contribution >= 4 is 34.4 Å². The van der Waals surface area contributed by atoms with Gasteiger partial charge in [-0.15, -0.1) is 0 Å². The summed E-state index contributed by atoms with van der Waals surface area (Å²) in [6.07, 6.45) is 2.04. The minimum Gasteiger partial charge on any atom is -0.464 e. The molecule has 2 heterocycles. The number of halogens is 1. The van der Waals surface area contributed by atoms with Gasteiger partial charge in [0.1, 0.15) is 22.5 Å². The maximum absolute atomic E-state index is 11.9. The summed E-state index contributed by atoms with van der Waals surface area (Å²) in [7, 11) is 1.30. The van der Waals surface area contributed by atoms with E-state index in [2.05, 4.69) is 25.3 Å². The number of methoxy groups -OCH3 is 1. The normalized spacial score (nSPS) is 13.8. The number of hydrogen-bond donors (Lipinski definition) is 2. The van der Waals surface area contributed by atoms with Crippen molar-refractivity contribution in [3.8, 4) is 0 Å². The van der Waals surface area contributed by atoms with Crippen LogP contribution < -0.4 is 5.32 Å². The average molecular weight is 358 g/mol. The number of aromatic amines is 1. The third-order valence-electron chi connectivity index (χ3n) is 4.05. The SMILES string of the molecule is COC(=O)c1nc(C2CC2)nc(NCc2nc3ccccc3[nH]2)c1Cl. The first kappa shape index (κ1) is 15.8. The molecular weight excluding hydrogens is 342 g/mol. The Bertz CT molecular complexity index is 918. The van der Waals surface area contributed by atoms with Crippen LogP contribution in [0.25, 0.3) is 11.0 Å². The van der Waals surface area contributed by atoms with Gasteiger partial charge in [0.25, 0.3) is 0 Å². The Kier molecular flexibility index (Phi) is 4.01. The van der Waals surface area contributed by atoms with Gasteiger partial charge in [0.15, 0.2) is 5.69 Å². The molecular formula is C17H16ClN5O2. The summed E-state index contributed by atoms with van der Waals surface area (Å²) in [5, 5.41) is 3.31. The number of hydrogen-bond acceptors (Lipinski definition) is 6. The van der Waals surface area contributed by atoms with Crippen molar-refractivity contribution in [3.05, 3.63) is 46.6 Å². The second kappa shape index (κ2) is 6.33. The summed E-state index contributed by atoms with van der Waals surface area (Å²) in [5.41, 5.74) is 1.94. The number of rotatable bonds is 5. The van der Waals surface area contributed by atoms with E-state index in [1.165, 1.54) is 7.11 Å². The molecule has 0 atom stereocenters. The molecule has 2 N–H and O–H groups in total. The van der Waals surface area contributed by atoms with Gasteiger partial charge in [-0.05, 0) is 25.0 Å². The van der Waals surface area contributed by atoms with Gasteiger partial charge in [-0.25, -0.2) is 19.7 Å². The summed E-state index contributed by atoms with van der Waals surface area (Å²) in [5.74, 6) is 1.51. The van der Waals surface area contributed by atoms with Gasteiger partial charge >= 0.3 is 5.97 Å². The number of ether oxygens (including phenoxy) is 1. The molecule has 1 aromatic carbocycles. The predicted octanol–water partition coefficient (Wildman–Crippen LogP) is 3.28. The van der Waals surface area contributed by atoms with Crippen LogP contribution in [0.3, 0.4) is 0 Å². The maximum atomic E-state index is 11.9. The number of para-hydroxylation sites is 2. The van der Waals surface area contributed by atoms with Gasteiger partial charge in [0, 0.05) is 5.92 Å². The van der Waals surface area contributed by atoms with Crippen LogP contribution in [0.2, 0.25) is 5.02 Å². The van der Waals surface area contributed by atoms with E-state index in [1.807, 2.05) is 24.3 Å². The first-order valence-corrected chi connectivity index (χ1v) is 8.36. The highest BCUT2D eigenvalue weighted by atomic mass is 35.5. The molecule has 1 aliphatic rings. The fraction of sp³-hybridized carbons (Fsp3) is 0.294. The number of esters is 1. The summed E-state index contributed by atoms with van der Waals surface area (Å²) in [6, 6.07) is 7.79. The lowest BCUT2D eigenvalue weighted by atomic mass is 10.3. The van der Waals surface area contributed by atoms with Gasteiger partial charge in [0.2, 0.25) is 0 Å². The molecule has 0 spiro atoms. The van der Waals surface area contributed by atoms with Crippen molar-refractivity contribution in [2.45, 2.75) is 25.3 Å². The van der Waals surface area contributed by atoms with Gasteiger partial charge in [0.05, 0.1) is 24.7 Å². The lowest BCUT2D eigenvalue weighted by Gasteiger charge is -2.11. The lowest BCUT2D eigenvalue weighted by Crippen LogP contribution is -2.13. The van der Waals surface area contributed by atoms with Crippen LogP contribution in [-0.2, 0) is 11.3 Å². The van der Waals surface area contributed by atoms with Crippen LogP contribution in [0.5, 0.6) is 0 Å². The van der Waals surface area contributed by atoms with Crippen molar-refractivity contribution in [2.75, 3.05) is 12.4 Å². The molecule has 0 aliphatic heterocycles. The maximum Gasteiger partial charge on any atom is 0.358 e. The number of benzene rings is 1. The Balaban J connectivity index is 1.62. The zero-order valence-electron chi connectivity index (χ0n) is 13.5. The summed E-state index contributed by atoms with van der Waals surface area (Å²) >= 11 is 6.31. The summed E-state index contributed by atoms with van der Waals surface area (Å²) in [4.78, 5) is 28.4. The van der Waals surface area contributed by atoms with Gasteiger partial charge in [-0.1, -0.05) is 23.7 Å². The van der Waals surface area contributed by atoms with E-state index >= 15 is 0 Å². The number of nitrogens with zero attached hydrogens (tertiary/aromatic N) is 3. The fourth-order valence-electron chi connectivity index (χ4n) is 2.59. The Morgan fingerprint density at radius 1 is 1.32 bits per heavy atom. The third kappa shape index (κ3) is 3.15. The number of anilines is 1. The number of imidazole rings is 1. The molecule has 0 unspecified atom stereocenters. The van der Waals surface area contributed by atoms with Crippen LogP contribution in [-0.4, -0.2) is 33.0 Å². The predicted molar refractivity (Wildman–Crippen MR) is 93.8 cm³/mol. The third-order valence-corrected chi connectivity index (χ3v) is 4.41. The van der Waals surface area contributed by atoms with Crippen molar-refractivity contribution in [3.63, 3.8) is 0 Å². The quantitative estimate of drug-likeness (QED) is 0.681. The van der Waals surface area contributed by atoms with Crippen molar-refractivity contribution in [1.29, 1.82) is 0 Å². The lowest BCUT2D eigenvalue weighted by molar-refractivity contribution is 0.0593. The molecule has 0 saturated heterocycles. The average Bonchev–Trinajstić information content (AvgIpc) is 3.39. The highest BCUT2D eigenvalue weighted by Crippen LogP contribution is 2.39. The topological polar surface area (TPSA) is 92.8 Å². The zero-order chi connectivity index (χ0) is 17.4. The van der Waals surface area contributed by atoms with Crippen molar-refractivity contribution in [2.24, 2.45) is 0 Å². The molecule has 8 heteroatoms. The van der Waals surface area contributed by atoms with Gasteiger partial charge in [-0.2, -0.15) is 0 Å².